The van der Waals surface area contributed by atoms with Crippen molar-refractivity contribution in [1.82, 2.24) is 5.32 Å². The molecule has 0 spiro atoms. The van der Waals surface area contributed by atoms with Crippen LogP contribution < -0.4 is 20.3 Å². The molecule has 2 N–H and O–H groups in total. The molecule has 7 nitrogen and oxygen atoms in total. The van der Waals surface area contributed by atoms with Crippen LogP contribution in [0.15, 0.2) is 78.9 Å². The molecule has 3 aromatic rings. The second-order valence-corrected chi connectivity index (χ2v) is 8.33. The Bertz CT molecular complexity index is 1170. The first-order chi connectivity index (χ1) is 16.5. The average molecular weight is 478 g/mol. The van der Waals surface area contributed by atoms with E-state index in [1.54, 1.807) is 53.4 Å². The van der Waals surface area contributed by atoms with Crippen molar-refractivity contribution in [2.24, 2.45) is 5.92 Å². The van der Waals surface area contributed by atoms with Crippen molar-refractivity contribution < 1.29 is 19.1 Å². The number of hydrogen-bond acceptors (Lipinski definition) is 4. The van der Waals surface area contributed by atoms with Gasteiger partial charge in [0.15, 0.2) is 6.61 Å². The number of amides is 3. The Labute approximate surface area is 202 Å². The number of nitrogens with zero attached hydrogens (tertiary/aromatic N) is 1. The summed E-state index contributed by atoms with van der Waals surface area (Å²) in [6.07, 6.45) is 0.168. The molecule has 0 bridgehead atoms. The minimum absolute atomic E-state index is 0.104. The van der Waals surface area contributed by atoms with E-state index in [1.165, 1.54) is 0 Å². The Morgan fingerprint density at radius 3 is 2.41 bits per heavy atom. The highest BCUT2D eigenvalue weighted by Crippen LogP contribution is 2.27. The minimum atomic E-state index is -0.402. The second kappa shape index (κ2) is 10.9. The first-order valence-electron chi connectivity index (χ1n) is 10.9. The molecule has 0 unspecified atom stereocenters. The molecule has 1 atom stereocenters. The predicted molar refractivity (Wildman–Crippen MR) is 131 cm³/mol. The van der Waals surface area contributed by atoms with Gasteiger partial charge in [-0.3, -0.25) is 14.4 Å². The normalized spacial score (nSPS) is 15.1. The van der Waals surface area contributed by atoms with Crippen LogP contribution in [0.4, 0.5) is 11.4 Å². The third-order valence-corrected chi connectivity index (χ3v) is 5.80. The van der Waals surface area contributed by atoms with Crippen LogP contribution in [0.25, 0.3) is 0 Å². The van der Waals surface area contributed by atoms with E-state index in [0.717, 1.165) is 5.56 Å². The molecule has 8 heteroatoms. The summed E-state index contributed by atoms with van der Waals surface area (Å²) in [4.78, 5) is 38.8. The van der Waals surface area contributed by atoms with Crippen LogP contribution in [0.2, 0.25) is 5.02 Å². The highest BCUT2D eigenvalue weighted by molar-refractivity contribution is 6.33. The molecule has 3 amide bonds. The molecule has 4 rings (SSSR count). The van der Waals surface area contributed by atoms with Gasteiger partial charge in [0.25, 0.3) is 5.91 Å². The molecule has 0 aliphatic carbocycles. The molecular weight excluding hydrogens is 454 g/mol. The number of anilines is 2. The molecule has 174 valence electrons. The number of carbonyl (C=O) groups is 3. The molecule has 1 aliphatic rings. The van der Waals surface area contributed by atoms with Gasteiger partial charge in [-0.2, -0.15) is 0 Å². The summed E-state index contributed by atoms with van der Waals surface area (Å²) in [7, 11) is 0. The zero-order chi connectivity index (χ0) is 23.9. The second-order valence-electron chi connectivity index (χ2n) is 7.92. The van der Waals surface area contributed by atoms with Gasteiger partial charge >= 0.3 is 0 Å². The zero-order valence-electron chi connectivity index (χ0n) is 18.4. The van der Waals surface area contributed by atoms with Crippen LogP contribution in [0.3, 0.4) is 0 Å². The zero-order valence-corrected chi connectivity index (χ0v) is 19.1. The summed E-state index contributed by atoms with van der Waals surface area (Å²) in [5.74, 6) is -0.490. The molecular formula is C26H24ClN3O4. The molecule has 1 heterocycles. The van der Waals surface area contributed by atoms with Crippen LogP contribution in [0.5, 0.6) is 5.75 Å². The molecule has 3 aromatic carbocycles. The van der Waals surface area contributed by atoms with Crippen molar-refractivity contribution in [2.75, 3.05) is 23.4 Å². The predicted octanol–water partition coefficient (Wildman–Crippen LogP) is 4.03. The Balaban J connectivity index is 1.27. The van der Waals surface area contributed by atoms with Gasteiger partial charge in [-0.15, -0.1) is 0 Å². The standard InChI is InChI=1S/C26H24ClN3O4/c27-22-8-4-5-9-23(22)29-24(31)17-34-21-12-10-20(11-13-21)30-16-19(14-25(30)32)26(33)28-15-18-6-2-1-3-7-18/h1-13,19H,14-17H2,(H,28,33)(H,29,31)/t19-/m1/s1. The number of benzene rings is 3. The monoisotopic (exact) mass is 477 g/mol. The van der Waals surface area contributed by atoms with Gasteiger partial charge in [0.05, 0.1) is 16.6 Å². The maximum absolute atomic E-state index is 12.5. The summed E-state index contributed by atoms with van der Waals surface area (Å²) >= 11 is 6.04. The maximum atomic E-state index is 12.5. The van der Waals surface area contributed by atoms with Gasteiger partial charge in [0.1, 0.15) is 5.75 Å². The summed E-state index contributed by atoms with van der Waals surface area (Å²) in [5, 5.41) is 6.05. The highest BCUT2D eigenvalue weighted by Gasteiger charge is 2.35. The maximum Gasteiger partial charge on any atom is 0.262 e. The van der Waals surface area contributed by atoms with Crippen molar-refractivity contribution in [3.05, 3.63) is 89.4 Å². The number of para-hydroxylation sites is 1. The molecule has 0 radical (unpaired) electrons. The summed E-state index contributed by atoms with van der Waals surface area (Å²) < 4.78 is 5.54. The Morgan fingerprint density at radius 2 is 1.68 bits per heavy atom. The Kier molecular flexibility index (Phi) is 7.44. The molecule has 1 saturated heterocycles. The topological polar surface area (TPSA) is 87.7 Å². The van der Waals surface area contributed by atoms with Crippen LogP contribution in [-0.2, 0) is 20.9 Å². The van der Waals surface area contributed by atoms with Crippen LogP contribution in [0, 0.1) is 5.92 Å². The van der Waals surface area contributed by atoms with Gasteiger partial charge in [0.2, 0.25) is 11.8 Å². The van der Waals surface area contributed by atoms with E-state index in [4.69, 9.17) is 16.3 Å². The van der Waals surface area contributed by atoms with Crippen LogP contribution in [0.1, 0.15) is 12.0 Å². The number of rotatable bonds is 8. The van der Waals surface area contributed by atoms with Crippen molar-refractivity contribution in [3.63, 3.8) is 0 Å². The van der Waals surface area contributed by atoms with Crippen molar-refractivity contribution in [3.8, 4) is 5.75 Å². The lowest BCUT2D eigenvalue weighted by Crippen LogP contribution is -2.32. The fourth-order valence-corrected chi connectivity index (χ4v) is 3.87. The summed E-state index contributed by atoms with van der Waals surface area (Å²) in [6, 6.07) is 23.4. The quantitative estimate of drug-likeness (QED) is 0.513. The Hall–Kier alpha value is -3.84. The molecule has 0 aromatic heterocycles. The number of hydrogen-bond donors (Lipinski definition) is 2. The first-order valence-corrected chi connectivity index (χ1v) is 11.3. The van der Waals surface area contributed by atoms with Gasteiger partial charge in [-0.1, -0.05) is 54.1 Å². The van der Waals surface area contributed by atoms with Crippen molar-refractivity contribution in [1.29, 1.82) is 0 Å². The van der Waals surface area contributed by atoms with E-state index in [0.29, 0.717) is 35.2 Å². The number of ether oxygens (including phenoxy) is 1. The van der Waals surface area contributed by atoms with Crippen molar-refractivity contribution >= 4 is 40.7 Å². The molecule has 1 fully saturated rings. The van der Waals surface area contributed by atoms with E-state index in [-0.39, 0.29) is 30.7 Å². The summed E-state index contributed by atoms with van der Waals surface area (Å²) in [6.45, 7) is 0.567. The lowest BCUT2D eigenvalue weighted by molar-refractivity contribution is -0.126. The molecule has 0 saturated carbocycles. The molecule has 34 heavy (non-hydrogen) atoms. The highest BCUT2D eigenvalue weighted by atomic mass is 35.5. The van der Waals surface area contributed by atoms with Crippen LogP contribution in [-0.4, -0.2) is 30.9 Å². The summed E-state index contributed by atoms with van der Waals surface area (Å²) in [5.41, 5.74) is 2.20. The first kappa shape index (κ1) is 23.3. The largest absolute Gasteiger partial charge is 0.484 e. The lowest BCUT2D eigenvalue weighted by Gasteiger charge is -2.17. The van der Waals surface area contributed by atoms with Gasteiger partial charge in [-0.05, 0) is 42.0 Å². The third kappa shape index (κ3) is 5.94. The van der Waals surface area contributed by atoms with E-state index in [1.807, 2.05) is 30.3 Å². The van der Waals surface area contributed by atoms with E-state index < -0.39 is 5.92 Å². The van der Waals surface area contributed by atoms with Crippen LogP contribution >= 0.6 is 11.6 Å². The van der Waals surface area contributed by atoms with Gasteiger partial charge < -0.3 is 20.3 Å². The van der Waals surface area contributed by atoms with E-state index in [2.05, 4.69) is 10.6 Å². The number of halogens is 1. The van der Waals surface area contributed by atoms with Gasteiger partial charge in [-0.25, -0.2) is 0 Å². The van der Waals surface area contributed by atoms with E-state index in [9.17, 15) is 14.4 Å². The average Bonchev–Trinajstić information content (AvgIpc) is 3.25. The smallest absolute Gasteiger partial charge is 0.262 e. The Morgan fingerprint density at radius 1 is 0.971 bits per heavy atom. The fraction of sp³-hybridized carbons (Fsp3) is 0.192. The van der Waals surface area contributed by atoms with Gasteiger partial charge in [0, 0.05) is 25.2 Å². The lowest BCUT2D eigenvalue weighted by atomic mass is 10.1. The molecule has 1 aliphatic heterocycles. The SMILES string of the molecule is O=C(COc1ccc(N2C[C@H](C(=O)NCc3ccccc3)CC2=O)cc1)Nc1ccccc1Cl. The fourth-order valence-electron chi connectivity index (χ4n) is 3.68. The third-order valence-electron chi connectivity index (χ3n) is 5.47. The van der Waals surface area contributed by atoms with Crippen molar-refractivity contribution in [2.45, 2.75) is 13.0 Å². The minimum Gasteiger partial charge on any atom is -0.484 e. The number of nitrogens with one attached hydrogen (secondary N) is 2. The number of carbonyl (C=O) groups excluding carboxylic acids is 3. The van der Waals surface area contributed by atoms with E-state index >= 15 is 0 Å².